The van der Waals surface area contributed by atoms with Crippen LogP contribution in [0.2, 0.25) is 0 Å². The van der Waals surface area contributed by atoms with Gasteiger partial charge in [-0.05, 0) is 30.4 Å². The van der Waals surface area contributed by atoms with Crippen LogP contribution in [-0.4, -0.2) is 12.9 Å². The lowest BCUT2D eigenvalue weighted by molar-refractivity contribution is 0.259. The monoisotopic (exact) mass is 214 g/mol. The SMILES string of the molecule is CSc1ccc(OCC(C)C)c(F)c1. The molecule has 1 aromatic carbocycles. The first-order valence-corrected chi connectivity index (χ1v) is 5.82. The van der Waals surface area contributed by atoms with Crippen molar-refractivity contribution < 1.29 is 9.13 Å². The Kier molecular flexibility index (Phi) is 4.26. The molecule has 0 amide bonds. The van der Waals surface area contributed by atoms with Crippen LogP contribution >= 0.6 is 11.8 Å². The molecule has 0 aliphatic rings. The maximum absolute atomic E-state index is 13.3. The van der Waals surface area contributed by atoms with Crippen LogP contribution in [0, 0.1) is 11.7 Å². The van der Waals surface area contributed by atoms with Gasteiger partial charge in [0.05, 0.1) is 6.61 Å². The van der Waals surface area contributed by atoms with Gasteiger partial charge in [-0.1, -0.05) is 13.8 Å². The second-order valence-corrected chi connectivity index (χ2v) is 4.38. The van der Waals surface area contributed by atoms with Gasteiger partial charge in [0.15, 0.2) is 11.6 Å². The first-order chi connectivity index (χ1) is 6.63. The van der Waals surface area contributed by atoms with E-state index in [9.17, 15) is 4.39 Å². The van der Waals surface area contributed by atoms with Crippen LogP contribution in [0.5, 0.6) is 5.75 Å². The highest BCUT2D eigenvalue weighted by molar-refractivity contribution is 7.98. The van der Waals surface area contributed by atoms with Gasteiger partial charge in [-0.2, -0.15) is 0 Å². The third-order valence-electron chi connectivity index (χ3n) is 1.71. The summed E-state index contributed by atoms with van der Waals surface area (Å²) in [6, 6.07) is 5.05. The molecule has 1 aromatic rings. The molecular formula is C11H15FOS. The van der Waals surface area contributed by atoms with Gasteiger partial charge in [-0.15, -0.1) is 11.8 Å². The number of hydrogen-bond donors (Lipinski definition) is 0. The molecule has 1 nitrogen and oxygen atoms in total. The van der Waals surface area contributed by atoms with E-state index in [2.05, 4.69) is 0 Å². The number of benzene rings is 1. The minimum atomic E-state index is -0.280. The van der Waals surface area contributed by atoms with Crippen LogP contribution in [0.1, 0.15) is 13.8 Å². The first-order valence-electron chi connectivity index (χ1n) is 4.60. The lowest BCUT2D eigenvalue weighted by Gasteiger charge is -2.09. The molecule has 1 rings (SSSR count). The molecule has 0 aliphatic carbocycles. The van der Waals surface area contributed by atoms with Crippen molar-refractivity contribution in [3.05, 3.63) is 24.0 Å². The Labute approximate surface area is 88.7 Å². The fraction of sp³-hybridized carbons (Fsp3) is 0.455. The van der Waals surface area contributed by atoms with E-state index < -0.39 is 0 Å². The lowest BCUT2D eigenvalue weighted by Crippen LogP contribution is -2.05. The summed E-state index contributed by atoms with van der Waals surface area (Å²) < 4.78 is 18.7. The minimum absolute atomic E-state index is 0.280. The summed E-state index contributed by atoms with van der Waals surface area (Å²) in [6.45, 7) is 4.62. The Morgan fingerprint density at radius 2 is 2.14 bits per heavy atom. The molecule has 14 heavy (non-hydrogen) atoms. The zero-order valence-corrected chi connectivity index (χ0v) is 9.53. The molecule has 0 aliphatic heterocycles. The third-order valence-corrected chi connectivity index (χ3v) is 2.44. The van der Waals surface area contributed by atoms with Gasteiger partial charge >= 0.3 is 0 Å². The summed E-state index contributed by atoms with van der Waals surface area (Å²) in [6.07, 6.45) is 1.92. The summed E-state index contributed by atoms with van der Waals surface area (Å²) in [7, 11) is 0. The summed E-state index contributed by atoms with van der Waals surface area (Å²) >= 11 is 1.52. The molecule has 3 heteroatoms. The molecule has 0 saturated heterocycles. The van der Waals surface area contributed by atoms with Crippen molar-refractivity contribution in [3.63, 3.8) is 0 Å². The molecule has 0 heterocycles. The largest absolute Gasteiger partial charge is 0.490 e. The molecule has 0 unspecified atom stereocenters. The Balaban J connectivity index is 2.69. The predicted octanol–water partition coefficient (Wildman–Crippen LogP) is 3.58. The summed E-state index contributed by atoms with van der Waals surface area (Å²) in [4.78, 5) is 0.916. The molecule has 0 bridgehead atoms. The maximum Gasteiger partial charge on any atom is 0.166 e. The molecule has 0 atom stereocenters. The van der Waals surface area contributed by atoms with Crippen molar-refractivity contribution in [1.82, 2.24) is 0 Å². The number of thioether (sulfide) groups is 1. The second kappa shape index (κ2) is 5.25. The molecule has 0 N–H and O–H groups in total. The summed E-state index contributed by atoms with van der Waals surface area (Å²) in [5.41, 5.74) is 0. The van der Waals surface area contributed by atoms with Gasteiger partial charge in [0.25, 0.3) is 0 Å². The van der Waals surface area contributed by atoms with Gasteiger partial charge in [0.1, 0.15) is 0 Å². The third kappa shape index (κ3) is 3.22. The van der Waals surface area contributed by atoms with E-state index in [1.165, 1.54) is 17.8 Å². The number of halogens is 1. The highest BCUT2D eigenvalue weighted by Gasteiger charge is 2.04. The van der Waals surface area contributed by atoms with Crippen LogP contribution < -0.4 is 4.74 Å². The van der Waals surface area contributed by atoms with E-state index in [1.54, 1.807) is 6.07 Å². The normalized spacial score (nSPS) is 10.6. The number of hydrogen-bond acceptors (Lipinski definition) is 2. The van der Waals surface area contributed by atoms with Gasteiger partial charge in [0, 0.05) is 4.90 Å². The summed E-state index contributed by atoms with van der Waals surface area (Å²) in [5, 5.41) is 0. The van der Waals surface area contributed by atoms with Crippen LogP contribution in [0.4, 0.5) is 4.39 Å². The Morgan fingerprint density at radius 3 is 2.64 bits per heavy atom. The molecule has 0 spiro atoms. The van der Waals surface area contributed by atoms with E-state index in [0.29, 0.717) is 18.3 Å². The van der Waals surface area contributed by atoms with Crippen molar-refractivity contribution >= 4 is 11.8 Å². The van der Waals surface area contributed by atoms with Gasteiger partial charge in [0.2, 0.25) is 0 Å². The minimum Gasteiger partial charge on any atom is -0.490 e. The van der Waals surface area contributed by atoms with Crippen LogP contribution in [-0.2, 0) is 0 Å². The Hall–Kier alpha value is -0.700. The van der Waals surface area contributed by atoms with E-state index in [0.717, 1.165) is 4.90 Å². The quantitative estimate of drug-likeness (QED) is 0.708. The Bertz CT molecular complexity index is 299. The summed E-state index contributed by atoms with van der Waals surface area (Å²) in [5.74, 6) is 0.476. The zero-order chi connectivity index (χ0) is 10.6. The van der Waals surface area contributed by atoms with E-state index in [1.807, 2.05) is 26.2 Å². The fourth-order valence-electron chi connectivity index (χ4n) is 0.982. The average Bonchev–Trinajstić information content (AvgIpc) is 2.15. The van der Waals surface area contributed by atoms with E-state index in [-0.39, 0.29) is 5.82 Å². The van der Waals surface area contributed by atoms with Gasteiger partial charge in [-0.25, -0.2) is 4.39 Å². The van der Waals surface area contributed by atoms with Gasteiger partial charge in [-0.3, -0.25) is 0 Å². The lowest BCUT2D eigenvalue weighted by atomic mass is 10.2. The van der Waals surface area contributed by atoms with Crippen molar-refractivity contribution in [2.75, 3.05) is 12.9 Å². The number of ether oxygens (including phenoxy) is 1. The predicted molar refractivity (Wildman–Crippen MR) is 58.5 cm³/mol. The van der Waals surface area contributed by atoms with Crippen LogP contribution in [0.15, 0.2) is 23.1 Å². The van der Waals surface area contributed by atoms with Crippen LogP contribution in [0.25, 0.3) is 0 Å². The smallest absolute Gasteiger partial charge is 0.166 e. The van der Waals surface area contributed by atoms with Crippen molar-refractivity contribution in [3.8, 4) is 5.75 Å². The highest BCUT2D eigenvalue weighted by Crippen LogP contribution is 2.23. The highest BCUT2D eigenvalue weighted by atomic mass is 32.2. The molecule has 0 fully saturated rings. The first kappa shape index (κ1) is 11.4. The molecule has 0 radical (unpaired) electrons. The van der Waals surface area contributed by atoms with E-state index >= 15 is 0 Å². The maximum atomic E-state index is 13.3. The second-order valence-electron chi connectivity index (χ2n) is 3.50. The Morgan fingerprint density at radius 1 is 1.43 bits per heavy atom. The zero-order valence-electron chi connectivity index (χ0n) is 8.71. The van der Waals surface area contributed by atoms with E-state index in [4.69, 9.17) is 4.74 Å². The number of rotatable bonds is 4. The van der Waals surface area contributed by atoms with Crippen molar-refractivity contribution in [1.29, 1.82) is 0 Å². The molecule has 0 saturated carbocycles. The molecular weight excluding hydrogens is 199 g/mol. The van der Waals surface area contributed by atoms with Crippen LogP contribution in [0.3, 0.4) is 0 Å². The molecule has 78 valence electrons. The van der Waals surface area contributed by atoms with Crippen molar-refractivity contribution in [2.24, 2.45) is 5.92 Å². The molecule has 0 aromatic heterocycles. The standard InChI is InChI=1S/C11H15FOS/c1-8(2)7-13-11-5-4-9(14-3)6-10(11)12/h4-6,8H,7H2,1-3H3. The fourth-order valence-corrected chi connectivity index (χ4v) is 1.41. The van der Waals surface area contributed by atoms with Gasteiger partial charge < -0.3 is 4.74 Å². The van der Waals surface area contributed by atoms with Crippen molar-refractivity contribution in [2.45, 2.75) is 18.7 Å². The average molecular weight is 214 g/mol. The topological polar surface area (TPSA) is 9.23 Å².